The summed E-state index contributed by atoms with van der Waals surface area (Å²) < 4.78 is 0. The highest BCUT2D eigenvalue weighted by Gasteiger charge is 2.36. The van der Waals surface area contributed by atoms with Crippen molar-refractivity contribution in [3.05, 3.63) is 53.1 Å². The maximum Gasteiger partial charge on any atom is 0.229 e. The molecule has 0 aromatic heterocycles. The van der Waals surface area contributed by atoms with Crippen LogP contribution in [0.4, 0.5) is 17.1 Å². The average molecular weight is 379 g/mol. The summed E-state index contributed by atoms with van der Waals surface area (Å²) in [7, 11) is 0. The van der Waals surface area contributed by atoms with Gasteiger partial charge in [-0.15, -0.1) is 0 Å². The molecule has 2 aromatic carbocycles. The minimum atomic E-state index is -0.400. The van der Waals surface area contributed by atoms with Crippen LogP contribution in [0.1, 0.15) is 30.0 Å². The van der Waals surface area contributed by atoms with Gasteiger partial charge in [0.05, 0.1) is 5.92 Å². The first-order valence-electron chi connectivity index (χ1n) is 9.31. The van der Waals surface area contributed by atoms with Crippen molar-refractivity contribution in [3.8, 4) is 0 Å². The number of amides is 3. The van der Waals surface area contributed by atoms with Crippen LogP contribution in [0.5, 0.6) is 0 Å². The van der Waals surface area contributed by atoms with Crippen LogP contribution >= 0.6 is 0 Å². The van der Waals surface area contributed by atoms with Crippen molar-refractivity contribution >= 4 is 34.8 Å². The number of rotatable bonds is 4. The quantitative estimate of drug-likeness (QED) is 0.853. The molecule has 0 radical (unpaired) electrons. The number of hydrogen-bond acceptors (Lipinski definition) is 3. The molecule has 0 aliphatic carbocycles. The molecular weight excluding hydrogens is 354 g/mol. The van der Waals surface area contributed by atoms with Gasteiger partial charge in [-0.2, -0.15) is 0 Å². The number of benzene rings is 2. The molecule has 3 amide bonds. The molecule has 1 heterocycles. The SMILES string of the molecule is CC(=O)Nc1ccc(NC(=O)C2CC(=O)N(c3c(C)cc(C)cc3C)C2)cc1. The van der Waals surface area contributed by atoms with Crippen LogP contribution in [-0.4, -0.2) is 24.3 Å². The van der Waals surface area contributed by atoms with Crippen LogP contribution in [0.15, 0.2) is 36.4 Å². The average Bonchev–Trinajstić information content (AvgIpc) is 2.97. The van der Waals surface area contributed by atoms with E-state index >= 15 is 0 Å². The third-order valence-corrected chi connectivity index (χ3v) is 4.87. The molecule has 0 bridgehead atoms. The number of nitrogens with one attached hydrogen (secondary N) is 2. The molecule has 1 unspecified atom stereocenters. The first kappa shape index (κ1) is 19.6. The van der Waals surface area contributed by atoms with Crippen molar-refractivity contribution in [1.29, 1.82) is 0 Å². The summed E-state index contributed by atoms with van der Waals surface area (Å²) >= 11 is 0. The van der Waals surface area contributed by atoms with Gasteiger partial charge in [0, 0.05) is 37.0 Å². The molecular formula is C22H25N3O3. The van der Waals surface area contributed by atoms with E-state index in [1.54, 1.807) is 29.2 Å². The zero-order valence-corrected chi connectivity index (χ0v) is 16.6. The molecule has 1 fully saturated rings. The lowest BCUT2D eigenvalue weighted by molar-refractivity contribution is -0.122. The van der Waals surface area contributed by atoms with Gasteiger partial charge in [0.15, 0.2) is 0 Å². The van der Waals surface area contributed by atoms with E-state index in [1.165, 1.54) is 6.92 Å². The minimum Gasteiger partial charge on any atom is -0.326 e. The van der Waals surface area contributed by atoms with E-state index in [2.05, 4.69) is 22.8 Å². The number of hydrogen-bond donors (Lipinski definition) is 2. The fraction of sp³-hybridized carbons (Fsp3) is 0.318. The normalized spacial score (nSPS) is 16.2. The van der Waals surface area contributed by atoms with Gasteiger partial charge in [-0.25, -0.2) is 0 Å². The van der Waals surface area contributed by atoms with E-state index < -0.39 is 5.92 Å². The van der Waals surface area contributed by atoms with Gasteiger partial charge in [-0.3, -0.25) is 14.4 Å². The summed E-state index contributed by atoms with van der Waals surface area (Å²) in [4.78, 5) is 38.1. The predicted octanol–water partition coefficient (Wildman–Crippen LogP) is 3.56. The standard InChI is InChI=1S/C22H25N3O3/c1-13-9-14(2)21(15(3)10-13)25-12-17(11-20(25)27)22(28)24-19-7-5-18(6-8-19)23-16(4)26/h5-10,17H,11-12H2,1-4H3,(H,23,26)(H,24,28). The van der Waals surface area contributed by atoms with Gasteiger partial charge >= 0.3 is 0 Å². The highest BCUT2D eigenvalue weighted by atomic mass is 16.2. The van der Waals surface area contributed by atoms with Crippen LogP contribution in [0, 0.1) is 26.7 Å². The molecule has 28 heavy (non-hydrogen) atoms. The minimum absolute atomic E-state index is 0.0313. The van der Waals surface area contributed by atoms with Crippen molar-refractivity contribution in [3.63, 3.8) is 0 Å². The van der Waals surface area contributed by atoms with Gasteiger partial charge in [0.1, 0.15) is 0 Å². The molecule has 2 N–H and O–H groups in total. The Morgan fingerprint density at radius 1 is 0.964 bits per heavy atom. The number of carbonyl (C=O) groups is 3. The van der Waals surface area contributed by atoms with E-state index in [-0.39, 0.29) is 24.1 Å². The zero-order chi connectivity index (χ0) is 20.4. The van der Waals surface area contributed by atoms with Gasteiger partial charge in [-0.1, -0.05) is 17.7 Å². The highest BCUT2D eigenvalue weighted by Crippen LogP contribution is 2.32. The maximum absolute atomic E-state index is 12.7. The second-order valence-corrected chi connectivity index (χ2v) is 7.40. The molecule has 0 spiro atoms. The van der Waals surface area contributed by atoms with Crippen LogP contribution in [0.2, 0.25) is 0 Å². The monoisotopic (exact) mass is 379 g/mol. The number of carbonyl (C=O) groups excluding carboxylic acids is 3. The van der Waals surface area contributed by atoms with Gasteiger partial charge in [-0.05, 0) is 56.2 Å². The van der Waals surface area contributed by atoms with Crippen LogP contribution in [-0.2, 0) is 14.4 Å². The molecule has 1 aliphatic rings. The Bertz CT molecular complexity index is 912. The van der Waals surface area contributed by atoms with E-state index in [1.807, 2.05) is 20.8 Å². The van der Waals surface area contributed by atoms with Crippen molar-refractivity contribution < 1.29 is 14.4 Å². The first-order valence-corrected chi connectivity index (χ1v) is 9.31. The second kappa shape index (κ2) is 7.84. The molecule has 3 rings (SSSR count). The largest absolute Gasteiger partial charge is 0.326 e. The van der Waals surface area contributed by atoms with Gasteiger partial charge in [0.25, 0.3) is 0 Å². The summed E-state index contributed by atoms with van der Waals surface area (Å²) in [5.74, 6) is -0.757. The Kier molecular flexibility index (Phi) is 5.49. The van der Waals surface area contributed by atoms with Crippen LogP contribution in [0.3, 0.4) is 0 Å². The number of nitrogens with zero attached hydrogens (tertiary/aromatic N) is 1. The first-order chi connectivity index (χ1) is 13.2. The van der Waals surface area contributed by atoms with E-state index in [0.29, 0.717) is 17.9 Å². The molecule has 1 aliphatic heterocycles. The van der Waals surface area contributed by atoms with E-state index in [0.717, 1.165) is 22.4 Å². The Balaban J connectivity index is 1.70. The Hall–Kier alpha value is -3.15. The summed E-state index contributed by atoms with van der Waals surface area (Å²) in [6.45, 7) is 7.83. The fourth-order valence-electron chi connectivity index (χ4n) is 3.78. The lowest BCUT2D eigenvalue weighted by Crippen LogP contribution is -2.29. The van der Waals surface area contributed by atoms with Crippen molar-refractivity contribution in [2.24, 2.45) is 5.92 Å². The van der Waals surface area contributed by atoms with Crippen molar-refractivity contribution in [1.82, 2.24) is 0 Å². The summed E-state index contributed by atoms with van der Waals surface area (Å²) in [5.41, 5.74) is 5.44. The van der Waals surface area contributed by atoms with Crippen molar-refractivity contribution in [2.45, 2.75) is 34.1 Å². The molecule has 0 saturated carbocycles. The molecule has 146 valence electrons. The van der Waals surface area contributed by atoms with Crippen LogP contribution in [0.25, 0.3) is 0 Å². The number of aryl methyl sites for hydroxylation is 3. The van der Waals surface area contributed by atoms with E-state index in [9.17, 15) is 14.4 Å². The Morgan fingerprint density at radius 3 is 2.04 bits per heavy atom. The zero-order valence-electron chi connectivity index (χ0n) is 16.6. The maximum atomic E-state index is 12.7. The fourth-order valence-corrected chi connectivity index (χ4v) is 3.78. The summed E-state index contributed by atoms with van der Waals surface area (Å²) in [5, 5.41) is 5.55. The third kappa shape index (κ3) is 4.22. The third-order valence-electron chi connectivity index (χ3n) is 4.87. The molecule has 6 heteroatoms. The lowest BCUT2D eigenvalue weighted by Gasteiger charge is -2.22. The number of anilines is 3. The molecule has 6 nitrogen and oxygen atoms in total. The molecule has 1 saturated heterocycles. The van der Waals surface area contributed by atoms with Crippen LogP contribution < -0.4 is 15.5 Å². The lowest BCUT2D eigenvalue weighted by atomic mass is 10.0. The smallest absolute Gasteiger partial charge is 0.229 e. The van der Waals surface area contributed by atoms with Crippen molar-refractivity contribution in [2.75, 3.05) is 22.1 Å². The highest BCUT2D eigenvalue weighted by molar-refractivity contribution is 6.04. The predicted molar refractivity (Wildman–Crippen MR) is 110 cm³/mol. The Labute approximate surface area is 164 Å². The summed E-state index contributed by atoms with van der Waals surface area (Å²) in [6, 6.07) is 11.0. The summed E-state index contributed by atoms with van der Waals surface area (Å²) in [6.07, 6.45) is 0.197. The molecule has 1 atom stereocenters. The van der Waals surface area contributed by atoms with Gasteiger partial charge < -0.3 is 15.5 Å². The molecule has 2 aromatic rings. The van der Waals surface area contributed by atoms with Gasteiger partial charge in [0.2, 0.25) is 17.7 Å². The Morgan fingerprint density at radius 2 is 1.50 bits per heavy atom. The topological polar surface area (TPSA) is 78.5 Å². The van der Waals surface area contributed by atoms with E-state index in [4.69, 9.17) is 0 Å². The second-order valence-electron chi connectivity index (χ2n) is 7.40.